The molecular weight excluding hydrogens is 574 g/mol. The average Bonchev–Trinajstić information content (AvgIpc) is 3.25. The highest BCUT2D eigenvalue weighted by Crippen LogP contribution is 2.37. The molecule has 1 aromatic heterocycles. The molecule has 4 aromatic carbocycles. The van der Waals surface area contributed by atoms with Gasteiger partial charge >= 0.3 is 0 Å². The van der Waals surface area contributed by atoms with E-state index in [1.54, 1.807) is 0 Å². The molecule has 0 saturated carbocycles. The van der Waals surface area contributed by atoms with Crippen LogP contribution in [0.2, 0.25) is 0 Å². The summed E-state index contributed by atoms with van der Waals surface area (Å²) in [5.41, 5.74) is 3.81. The van der Waals surface area contributed by atoms with Gasteiger partial charge in [-0.25, -0.2) is 4.98 Å². The first kappa shape index (κ1) is 22.7. The van der Waals surface area contributed by atoms with E-state index in [0.29, 0.717) is 22.4 Å². The molecular formula is C27H17Br2N3OS. The van der Waals surface area contributed by atoms with Gasteiger partial charge in [-0.1, -0.05) is 54.6 Å². The maximum atomic E-state index is 9.68. The first-order valence-corrected chi connectivity index (χ1v) is 12.8. The molecule has 7 heteroatoms. The SMILES string of the molecule is N#C/C(=C\c1cc(Br)c(OCc2cccc3ccccc23)c(Br)c1)Sc1nc2ccccc2[nH]1. The van der Waals surface area contributed by atoms with Crippen LogP contribution in [0, 0.1) is 11.3 Å². The number of allylic oxidation sites excluding steroid dienone is 1. The van der Waals surface area contributed by atoms with Gasteiger partial charge in [-0.3, -0.25) is 0 Å². The second-order valence-corrected chi connectivity index (χ2v) is 10.3. The van der Waals surface area contributed by atoms with Crippen molar-refractivity contribution in [3.8, 4) is 11.8 Å². The monoisotopic (exact) mass is 589 g/mol. The molecule has 0 aliphatic heterocycles. The van der Waals surface area contributed by atoms with E-state index in [1.807, 2.05) is 60.7 Å². The summed E-state index contributed by atoms with van der Waals surface area (Å²) in [7, 11) is 0. The molecule has 5 aromatic rings. The third-order valence-corrected chi connectivity index (χ3v) is 7.25. The highest BCUT2D eigenvalue weighted by molar-refractivity contribution is 9.11. The van der Waals surface area contributed by atoms with Crippen LogP contribution in [0.4, 0.5) is 0 Å². The van der Waals surface area contributed by atoms with Crippen LogP contribution in [-0.2, 0) is 6.61 Å². The van der Waals surface area contributed by atoms with Crippen LogP contribution in [0.1, 0.15) is 11.1 Å². The molecule has 166 valence electrons. The Kier molecular flexibility index (Phi) is 6.73. The van der Waals surface area contributed by atoms with E-state index in [4.69, 9.17) is 4.74 Å². The van der Waals surface area contributed by atoms with E-state index in [-0.39, 0.29) is 0 Å². The lowest BCUT2D eigenvalue weighted by Crippen LogP contribution is -1.98. The Morgan fingerprint density at radius 2 is 1.74 bits per heavy atom. The van der Waals surface area contributed by atoms with E-state index in [0.717, 1.165) is 31.1 Å². The number of imidazole rings is 1. The van der Waals surface area contributed by atoms with Crippen LogP contribution < -0.4 is 4.74 Å². The third-order valence-electron chi connectivity index (χ3n) is 5.25. The Morgan fingerprint density at radius 3 is 2.53 bits per heavy atom. The molecule has 0 unspecified atom stereocenters. The van der Waals surface area contributed by atoms with E-state index in [2.05, 4.69) is 72.2 Å². The van der Waals surface area contributed by atoms with Crippen LogP contribution in [0.25, 0.3) is 27.9 Å². The molecule has 0 fully saturated rings. The number of halogens is 2. The van der Waals surface area contributed by atoms with Crippen molar-refractivity contribution < 1.29 is 4.74 Å². The Labute approximate surface area is 217 Å². The standard InChI is InChI=1S/C27H17Br2N3OS/c28-22-13-17(12-20(15-30)34-27-31-24-10-3-4-11-25(24)32-27)14-23(29)26(22)33-16-19-8-5-7-18-6-1-2-9-21(18)19/h1-14H,16H2,(H,31,32)/b20-12+. The van der Waals surface area contributed by atoms with Crippen molar-refractivity contribution in [2.45, 2.75) is 11.8 Å². The van der Waals surface area contributed by atoms with Crippen LogP contribution in [0.15, 0.2) is 97.9 Å². The molecule has 34 heavy (non-hydrogen) atoms. The summed E-state index contributed by atoms with van der Waals surface area (Å²) in [5.74, 6) is 0.716. The van der Waals surface area contributed by atoms with Crippen LogP contribution >= 0.6 is 43.6 Å². The average molecular weight is 591 g/mol. The summed E-state index contributed by atoms with van der Waals surface area (Å²) in [6.07, 6.45) is 1.84. The molecule has 0 aliphatic carbocycles. The molecule has 0 aliphatic rings. The normalized spacial score (nSPS) is 11.6. The second kappa shape index (κ2) is 10.1. The van der Waals surface area contributed by atoms with Crippen LogP contribution in [0.3, 0.4) is 0 Å². The second-order valence-electron chi connectivity index (χ2n) is 7.52. The van der Waals surface area contributed by atoms with Crippen molar-refractivity contribution in [3.63, 3.8) is 0 Å². The quantitative estimate of drug-likeness (QED) is 0.159. The molecule has 4 nitrogen and oxygen atoms in total. The van der Waals surface area contributed by atoms with Crippen LogP contribution in [0.5, 0.6) is 5.75 Å². The van der Waals surface area contributed by atoms with Gasteiger partial charge in [0.15, 0.2) is 5.16 Å². The lowest BCUT2D eigenvalue weighted by atomic mass is 10.1. The number of nitrogens with one attached hydrogen (secondary N) is 1. The number of para-hydroxylation sites is 2. The summed E-state index contributed by atoms with van der Waals surface area (Å²) in [6, 6.07) is 28.5. The van der Waals surface area contributed by atoms with Gasteiger partial charge in [0.25, 0.3) is 0 Å². The molecule has 0 atom stereocenters. The fourth-order valence-electron chi connectivity index (χ4n) is 3.69. The summed E-state index contributed by atoms with van der Waals surface area (Å²) in [6.45, 7) is 0.444. The van der Waals surface area contributed by atoms with E-state index >= 15 is 0 Å². The van der Waals surface area contributed by atoms with Gasteiger partial charge in [0.1, 0.15) is 18.4 Å². The fraction of sp³-hybridized carbons (Fsp3) is 0.0370. The van der Waals surface area contributed by atoms with Gasteiger partial charge in [0.05, 0.1) is 24.9 Å². The summed E-state index contributed by atoms with van der Waals surface area (Å²) in [4.78, 5) is 8.32. The zero-order valence-corrected chi connectivity index (χ0v) is 21.7. The molecule has 1 heterocycles. The van der Waals surface area contributed by atoms with Gasteiger partial charge in [-0.05, 0) is 95.9 Å². The Balaban J connectivity index is 1.36. The minimum absolute atomic E-state index is 0.444. The summed E-state index contributed by atoms with van der Waals surface area (Å²) < 4.78 is 7.79. The van der Waals surface area contributed by atoms with Crippen molar-refractivity contribution in [2.24, 2.45) is 0 Å². The van der Waals surface area contributed by atoms with Gasteiger partial charge in [0, 0.05) is 0 Å². The van der Waals surface area contributed by atoms with E-state index in [1.165, 1.54) is 22.5 Å². The number of fused-ring (bicyclic) bond motifs is 2. The molecule has 0 saturated heterocycles. The van der Waals surface area contributed by atoms with Crippen molar-refractivity contribution in [1.29, 1.82) is 5.26 Å². The van der Waals surface area contributed by atoms with Gasteiger partial charge in [0.2, 0.25) is 0 Å². The minimum Gasteiger partial charge on any atom is -0.487 e. The Hall–Kier alpha value is -3.05. The number of hydrogen-bond acceptors (Lipinski definition) is 4. The number of aromatic amines is 1. The predicted molar refractivity (Wildman–Crippen MR) is 146 cm³/mol. The van der Waals surface area contributed by atoms with Crippen molar-refractivity contribution in [2.75, 3.05) is 0 Å². The maximum Gasteiger partial charge on any atom is 0.171 e. The van der Waals surface area contributed by atoms with E-state index < -0.39 is 0 Å². The number of benzene rings is 4. The van der Waals surface area contributed by atoms with Crippen molar-refractivity contribution in [1.82, 2.24) is 9.97 Å². The fourth-order valence-corrected chi connectivity index (χ4v) is 5.89. The number of rotatable bonds is 6. The lowest BCUT2D eigenvalue weighted by Gasteiger charge is -2.13. The van der Waals surface area contributed by atoms with Crippen molar-refractivity contribution in [3.05, 3.63) is 104 Å². The smallest absolute Gasteiger partial charge is 0.171 e. The number of H-pyrrole nitrogens is 1. The topological polar surface area (TPSA) is 61.7 Å². The zero-order chi connectivity index (χ0) is 23.5. The zero-order valence-electron chi connectivity index (χ0n) is 17.8. The molecule has 5 rings (SSSR count). The Bertz CT molecular complexity index is 1520. The number of thioether (sulfide) groups is 1. The number of ether oxygens (including phenoxy) is 1. The highest BCUT2D eigenvalue weighted by Gasteiger charge is 2.12. The van der Waals surface area contributed by atoms with Gasteiger partial charge < -0.3 is 9.72 Å². The predicted octanol–water partition coefficient (Wildman–Crippen LogP) is 8.48. The highest BCUT2D eigenvalue weighted by atomic mass is 79.9. The largest absolute Gasteiger partial charge is 0.487 e. The van der Waals surface area contributed by atoms with Crippen molar-refractivity contribution >= 4 is 71.5 Å². The molecule has 0 radical (unpaired) electrons. The maximum absolute atomic E-state index is 9.68. The van der Waals surface area contributed by atoms with E-state index in [9.17, 15) is 5.26 Å². The third kappa shape index (κ3) is 4.90. The summed E-state index contributed by atoms with van der Waals surface area (Å²) in [5, 5.41) is 12.7. The molecule has 0 bridgehead atoms. The van der Waals surface area contributed by atoms with Gasteiger partial charge in [-0.15, -0.1) is 0 Å². The summed E-state index contributed by atoms with van der Waals surface area (Å²) >= 11 is 8.57. The van der Waals surface area contributed by atoms with Crippen LogP contribution in [-0.4, -0.2) is 9.97 Å². The molecule has 0 spiro atoms. The first-order valence-electron chi connectivity index (χ1n) is 10.4. The molecule has 1 N–H and O–H groups in total. The number of hydrogen-bond donors (Lipinski definition) is 1. The minimum atomic E-state index is 0.444. The first-order chi connectivity index (χ1) is 16.6. The Morgan fingerprint density at radius 1 is 1.00 bits per heavy atom. The number of nitriles is 1. The number of nitrogens with zero attached hydrogens (tertiary/aromatic N) is 2. The lowest BCUT2D eigenvalue weighted by molar-refractivity contribution is 0.303. The van der Waals surface area contributed by atoms with Gasteiger partial charge in [-0.2, -0.15) is 5.26 Å². The molecule has 0 amide bonds. The number of aromatic nitrogens is 2.